The van der Waals surface area contributed by atoms with E-state index in [1.54, 1.807) is 48.5 Å². The Labute approximate surface area is 144 Å². The largest absolute Gasteiger partial charge is 0.324 e. The van der Waals surface area contributed by atoms with E-state index in [0.717, 1.165) is 4.90 Å². The number of nitrogens with one attached hydrogen (secondary N) is 1. The van der Waals surface area contributed by atoms with E-state index in [1.807, 2.05) is 0 Å². The molecule has 126 valence electrons. The van der Waals surface area contributed by atoms with E-state index in [-0.39, 0.29) is 5.78 Å². The first-order valence-electron chi connectivity index (χ1n) is 7.79. The second-order valence-electron chi connectivity index (χ2n) is 5.82. The fraction of sp³-hybridized carbons (Fsp3) is 0.158. The minimum atomic E-state index is -0.958. The molecule has 1 atom stereocenters. The fourth-order valence-electron chi connectivity index (χ4n) is 2.71. The van der Waals surface area contributed by atoms with Gasteiger partial charge in [0.2, 0.25) is 5.91 Å². The summed E-state index contributed by atoms with van der Waals surface area (Å²) in [5.74, 6) is -1.51. The van der Waals surface area contributed by atoms with Gasteiger partial charge in [0.15, 0.2) is 5.78 Å². The van der Waals surface area contributed by atoms with Gasteiger partial charge in [-0.1, -0.05) is 12.1 Å². The molecule has 0 radical (unpaired) electrons. The zero-order valence-corrected chi connectivity index (χ0v) is 13.8. The maximum absolute atomic E-state index is 12.4. The Bertz CT molecular complexity index is 852. The molecular formula is C19H16N2O4. The molecule has 1 N–H and O–H groups in total. The normalized spacial score (nSPS) is 14.2. The van der Waals surface area contributed by atoms with Gasteiger partial charge in [0.1, 0.15) is 6.04 Å². The average Bonchev–Trinajstić information content (AvgIpc) is 2.86. The van der Waals surface area contributed by atoms with E-state index in [0.29, 0.717) is 22.4 Å². The van der Waals surface area contributed by atoms with Crippen molar-refractivity contribution >= 4 is 29.2 Å². The summed E-state index contributed by atoms with van der Waals surface area (Å²) in [6.45, 7) is 2.96. The second kappa shape index (κ2) is 6.32. The van der Waals surface area contributed by atoms with Crippen LogP contribution in [0.2, 0.25) is 0 Å². The maximum Gasteiger partial charge on any atom is 0.262 e. The molecule has 0 unspecified atom stereocenters. The van der Waals surface area contributed by atoms with Gasteiger partial charge in [-0.05, 0) is 50.2 Å². The Hall–Kier alpha value is -3.28. The van der Waals surface area contributed by atoms with Crippen LogP contribution in [0.4, 0.5) is 5.69 Å². The molecule has 0 spiro atoms. The number of nitrogens with zero attached hydrogens (tertiary/aromatic N) is 1. The Balaban J connectivity index is 1.76. The van der Waals surface area contributed by atoms with Gasteiger partial charge in [-0.25, -0.2) is 0 Å². The van der Waals surface area contributed by atoms with Gasteiger partial charge in [-0.3, -0.25) is 24.1 Å². The van der Waals surface area contributed by atoms with Crippen LogP contribution in [0, 0.1) is 0 Å². The third-order valence-corrected chi connectivity index (χ3v) is 4.15. The van der Waals surface area contributed by atoms with E-state index in [4.69, 9.17) is 0 Å². The Morgan fingerprint density at radius 3 is 1.92 bits per heavy atom. The van der Waals surface area contributed by atoms with Gasteiger partial charge in [0, 0.05) is 11.3 Å². The maximum atomic E-state index is 12.4. The molecule has 0 aliphatic carbocycles. The molecule has 1 heterocycles. The summed E-state index contributed by atoms with van der Waals surface area (Å²) < 4.78 is 0. The van der Waals surface area contributed by atoms with Crippen molar-refractivity contribution in [2.75, 3.05) is 5.32 Å². The lowest BCUT2D eigenvalue weighted by Crippen LogP contribution is -2.45. The minimum Gasteiger partial charge on any atom is -0.324 e. The van der Waals surface area contributed by atoms with Crippen molar-refractivity contribution in [1.29, 1.82) is 0 Å². The summed E-state index contributed by atoms with van der Waals surface area (Å²) in [6, 6.07) is 11.9. The smallest absolute Gasteiger partial charge is 0.262 e. The summed E-state index contributed by atoms with van der Waals surface area (Å²) in [6.07, 6.45) is 0. The van der Waals surface area contributed by atoms with Crippen LogP contribution in [0.25, 0.3) is 0 Å². The van der Waals surface area contributed by atoms with Crippen molar-refractivity contribution < 1.29 is 19.2 Å². The van der Waals surface area contributed by atoms with Gasteiger partial charge < -0.3 is 5.32 Å². The molecule has 25 heavy (non-hydrogen) atoms. The quantitative estimate of drug-likeness (QED) is 0.687. The van der Waals surface area contributed by atoms with Crippen molar-refractivity contribution in [1.82, 2.24) is 4.90 Å². The molecule has 0 fully saturated rings. The van der Waals surface area contributed by atoms with Crippen LogP contribution in [0.3, 0.4) is 0 Å². The van der Waals surface area contributed by atoms with Crippen LogP contribution >= 0.6 is 0 Å². The summed E-state index contributed by atoms with van der Waals surface area (Å²) in [5.41, 5.74) is 1.63. The predicted molar refractivity (Wildman–Crippen MR) is 91.5 cm³/mol. The number of amides is 3. The summed E-state index contributed by atoms with van der Waals surface area (Å²) in [7, 11) is 0. The Morgan fingerprint density at radius 1 is 0.920 bits per heavy atom. The molecule has 2 aromatic rings. The third-order valence-electron chi connectivity index (χ3n) is 4.15. The Morgan fingerprint density at radius 2 is 1.44 bits per heavy atom. The zero-order chi connectivity index (χ0) is 18.1. The van der Waals surface area contributed by atoms with E-state index in [1.165, 1.54) is 13.8 Å². The first-order valence-corrected chi connectivity index (χ1v) is 7.79. The molecule has 0 bridgehead atoms. The number of hydrogen-bond donors (Lipinski definition) is 1. The number of Topliss-reactive ketones (excluding diaryl/α,β-unsaturated/α-hetero) is 1. The van der Waals surface area contributed by atoms with Crippen LogP contribution in [0.5, 0.6) is 0 Å². The van der Waals surface area contributed by atoms with Crippen molar-refractivity contribution in [2.24, 2.45) is 0 Å². The standard InChI is InChI=1S/C19H16N2O4/c1-11(17(23)20-14-9-7-13(8-10-14)12(2)22)21-18(24)15-5-3-4-6-16(15)19(21)25/h3-11H,1-2H3,(H,20,23)/t11-/m0/s1. The van der Waals surface area contributed by atoms with Gasteiger partial charge in [-0.15, -0.1) is 0 Å². The molecule has 3 rings (SSSR count). The first-order chi connectivity index (χ1) is 11.9. The highest BCUT2D eigenvalue weighted by molar-refractivity contribution is 6.23. The lowest BCUT2D eigenvalue weighted by Gasteiger charge is -2.21. The number of carbonyl (C=O) groups is 4. The van der Waals surface area contributed by atoms with Crippen molar-refractivity contribution in [3.05, 3.63) is 65.2 Å². The lowest BCUT2D eigenvalue weighted by atomic mass is 10.1. The summed E-state index contributed by atoms with van der Waals surface area (Å²) >= 11 is 0. The summed E-state index contributed by atoms with van der Waals surface area (Å²) in [4.78, 5) is 49.5. The number of fused-ring (bicyclic) bond motifs is 1. The second-order valence-corrected chi connectivity index (χ2v) is 5.82. The minimum absolute atomic E-state index is 0.0720. The molecule has 6 heteroatoms. The highest BCUT2D eigenvalue weighted by Gasteiger charge is 2.40. The highest BCUT2D eigenvalue weighted by Crippen LogP contribution is 2.25. The van der Waals surface area contributed by atoms with E-state index < -0.39 is 23.8 Å². The number of rotatable bonds is 4. The van der Waals surface area contributed by atoms with E-state index >= 15 is 0 Å². The number of anilines is 1. The molecule has 0 aromatic heterocycles. The predicted octanol–water partition coefficient (Wildman–Crippen LogP) is 2.51. The van der Waals surface area contributed by atoms with Crippen molar-refractivity contribution in [3.8, 4) is 0 Å². The van der Waals surface area contributed by atoms with Crippen LogP contribution in [0.15, 0.2) is 48.5 Å². The molecule has 1 aliphatic heterocycles. The van der Waals surface area contributed by atoms with E-state index in [2.05, 4.69) is 5.32 Å². The number of hydrogen-bond acceptors (Lipinski definition) is 4. The molecule has 2 aromatic carbocycles. The molecule has 1 aliphatic rings. The fourth-order valence-corrected chi connectivity index (χ4v) is 2.71. The number of carbonyl (C=O) groups excluding carboxylic acids is 4. The molecule has 6 nitrogen and oxygen atoms in total. The van der Waals surface area contributed by atoms with Crippen LogP contribution in [0.1, 0.15) is 44.9 Å². The first kappa shape index (κ1) is 16.6. The topological polar surface area (TPSA) is 83.6 Å². The van der Waals surface area contributed by atoms with E-state index in [9.17, 15) is 19.2 Å². The van der Waals surface area contributed by atoms with Gasteiger partial charge in [-0.2, -0.15) is 0 Å². The van der Waals surface area contributed by atoms with Crippen molar-refractivity contribution in [3.63, 3.8) is 0 Å². The summed E-state index contributed by atoms with van der Waals surface area (Å²) in [5, 5.41) is 2.66. The average molecular weight is 336 g/mol. The highest BCUT2D eigenvalue weighted by atomic mass is 16.2. The zero-order valence-electron chi connectivity index (χ0n) is 13.8. The molecule has 3 amide bonds. The van der Waals surface area contributed by atoms with Gasteiger partial charge in [0.25, 0.3) is 11.8 Å². The van der Waals surface area contributed by atoms with Crippen LogP contribution in [-0.4, -0.2) is 34.4 Å². The molecule has 0 saturated carbocycles. The van der Waals surface area contributed by atoms with Gasteiger partial charge in [0.05, 0.1) is 11.1 Å². The number of benzene rings is 2. The van der Waals surface area contributed by atoms with Crippen LogP contribution in [-0.2, 0) is 4.79 Å². The molecule has 0 saturated heterocycles. The third kappa shape index (κ3) is 2.94. The van der Waals surface area contributed by atoms with Crippen molar-refractivity contribution in [2.45, 2.75) is 19.9 Å². The monoisotopic (exact) mass is 336 g/mol. The molecular weight excluding hydrogens is 320 g/mol. The number of ketones is 1. The Kier molecular flexibility index (Phi) is 4.19. The number of imide groups is 1. The van der Waals surface area contributed by atoms with Gasteiger partial charge >= 0.3 is 0 Å². The van der Waals surface area contributed by atoms with Crippen LogP contribution < -0.4 is 5.32 Å². The SMILES string of the molecule is CC(=O)c1ccc(NC(=O)[C@H](C)N2C(=O)c3ccccc3C2=O)cc1. The lowest BCUT2D eigenvalue weighted by molar-refractivity contribution is -0.119.